The molecule has 0 aliphatic rings. The van der Waals surface area contributed by atoms with E-state index in [1.165, 1.54) is 36.4 Å². The third kappa shape index (κ3) is 6.70. The standard InChI is InChI=1S/C17H14ClF3N2O4/c18-11-4-5-13(14(7-11)27-9-17(19,20)21)23-15(24)8-26-12-3-1-2-10(6-12)16(22)25/h1-7H,8-9H2,(H2,22,25)(H,23,24). The topological polar surface area (TPSA) is 90.7 Å². The number of hydrogen-bond acceptors (Lipinski definition) is 4. The Morgan fingerprint density at radius 1 is 1.11 bits per heavy atom. The van der Waals surface area contributed by atoms with Crippen LogP contribution in [0.3, 0.4) is 0 Å². The number of alkyl halides is 3. The van der Waals surface area contributed by atoms with Gasteiger partial charge in [-0.3, -0.25) is 9.59 Å². The van der Waals surface area contributed by atoms with Gasteiger partial charge in [0.25, 0.3) is 5.91 Å². The van der Waals surface area contributed by atoms with Gasteiger partial charge in [-0.15, -0.1) is 0 Å². The van der Waals surface area contributed by atoms with Gasteiger partial charge < -0.3 is 20.5 Å². The van der Waals surface area contributed by atoms with Crippen LogP contribution in [0.2, 0.25) is 5.02 Å². The Morgan fingerprint density at radius 2 is 1.85 bits per heavy atom. The highest BCUT2D eigenvalue weighted by Gasteiger charge is 2.29. The Hall–Kier alpha value is -2.94. The molecule has 0 unspecified atom stereocenters. The van der Waals surface area contributed by atoms with Crippen molar-refractivity contribution in [1.29, 1.82) is 0 Å². The Labute approximate surface area is 157 Å². The van der Waals surface area contributed by atoms with E-state index in [4.69, 9.17) is 22.1 Å². The van der Waals surface area contributed by atoms with Crippen LogP contribution in [0.4, 0.5) is 18.9 Å². The Kier molecular flexibility index (Phi) is 6.51. The van der Waals surface area contributed by atoms with E-state index in [-0.39, 0.29) is 27.8 Å². The molecule has 0 saturated heterocycles. The normalized spacial score (nSPS) is 11.0. The second-order valence-electron chi connectivity index (χ2n) is 5.27. The highest BCUT2D eigenvalue weighted by Crippen LogP contribution is 2.30. The highest BCUT2D eigenvalue weighted by atomic mass is 35.5. The number of carbonyl (C=O) groups is 2. The van der Waals surface area contributed by atoms with Crippen molar-refractivity contribution in [1.82, 2.24) is 0 Å². The average molecular weight is 403 g/mol. The predicted molar refractivity (Wildman–Crippen MR) is 92.1 cm³/mol. The number of nitrogens with two attached hydrogens (primary N) is 1. The minimum atomic E-state index is -4.54. The Balaban J connectivity index is 2.01. The van der Waals surface area contributed by atoms with Gasteiger partial charge in [-0.05, 0) is 30.3 Å². The summed E-state index contributed by atoms with van der Waals surface area (Å²) in [6.45, 7) is -1.99. The van der Waals surface area contributed by atoms with Crippen LogP contribution in [0, 0.1) is 0 Å². The number of anilines is 1. The lowest BCUT2D eigenvalue weighted by molar-refractivity contribution is -0.153. The number of hydrogen-bond donors (Lipinski definition) is 2. The van der Waals surface area contributed by atoms with E-state index < -0.39 is 31.2 Å². The van der Waals surface area contributed by atoms with E-state index in [0.717, 1.165) is 6.07 Å². The predicted octanol–water partition coefficient (Wildman–Crippen LogP) is 3.40. The number of benzene rings is 2. The zero-order valence-corrected chi connectivity index (χ0v) is 14.4. The Morgan fingerprint density at radius 3 is 2.52 bits per heavy atom. The number of rotatable bonds is 7. The molecule has 0 saturated carbocycles. The lowest BCUT2D eigenvalue weighted by Crippen LogP contribution is -2.22. The number of carbonyl (C=O) groups excluding carboxylic acids is 2. The quantitative estimate of drug-likeness (QED) is 0.742. The molecule has 0 heterocycles. The number of nitrogens with one attached hydrogen (secondary N) is 1. The number of amides is 2. The van der Waals surface area contributed by atoms with Crippen LogP contribution >= 0.6 is 11.6 Å². The average Bonchev–Trinajstić information content (AvgIpc) is 2.59. The van der Waals surface area contributed by atoms with Crippen molar-refractivity contribution < 1.29 is 32.2 Å². The second kappa shape index (κ2) is 8.63. The molecule has 2 aromatic rings. The molecule has 0 radical (unpaired) electrons. The smallest absolute Gasteiger partial charge is 0.422 e. The van der Waals surface area contributed by atoms with Gasteiger partial charge in [0.2, 0.25) is 5.91 Å². The monoisotopic (exact) mass is 402 g/mol. The molecule has 0 bridgehead atoms. The molecule has 0 fully saturated rings. The van der Waals surface area contributed by atoms with E-state index in [1.54, 1.807) is 0 Å². The van der Waals surface area contributed by atoms with Crippen LogP contribution in [0.5, 0.6) is 11.5 Å². The fraction of sp³-hybridized carbons (Fsp3) is 0.176. The van der Waals surface area contributed by atoms with Crippen molar-refractivity contribution in [3.8, 4) is 11.5 Å². The molecule has 0 aliphatic carbocycles. The SMILES string of the molecule is NC(=O)c1cccc(OCC(=O)Nc2ccc(Cl)cc2OCC(F)(F)F)c1. The number of primary amides is 1. The Bertz CT molecular complexity index is 843. The molecule has 0 atom stereocenters. The van der Waals surface area contributed by atoms with E-state index in [2.05, 4.69) is 10.1 Å². The maximum absolute atomic E-state index is 12.3. The van der Waals surface area contributed by atoms with Crippen LogP contribution in [0.1, 0.15) is 10.4 Å². The summed E-state index contributed by atoms with van der Waals surface area (Å²) in [6.07, 6.45) is -4.54. The summed E-state index contributed by atoms with van der Waals surface area (Å²) in [6, 6.07) is 9.72. The third-order valence-electron chi connectivity index (χ3n) is 3.10. The van der Waals surface area contributed by atoms with Crippen LogP contribution in [0.25, 0.3) is 0 Å². The first-order valence-electron chi connectivity index (χ1n) is 7.45. The lowest BCUT2D eigenvalue weighted by Gasteiger charge is -2.14. The molecule has 2 amide bonds. The molecule has 6 nitrogen and oxygen atoms in total. The zero-order chi connectivity index (χ0) is 20.0. The summed E-state index contributed by atoms with van der Waals surface area (Å²) in [5, 5.41) is 2.52. The van der Waals surface area contributed by atoms with Crippen molar-refractivity contribution in [3.05, 3.63) is 53.1 Å². The largest absolute Gasteiger partial charge is 0.484 e. The maximum Gasteiger partial charge on any atom is 0.422 e. The van der Waals surface area contributed by atoms with Crippen LogP contribution in [0.15, 0.2) is 42.5 Å². The zero-order valence-electron chi connectivity index (χ0n) is 13.7. The summed E-state index contributed by atoms with van der Waals surface area (Å²) in [5.74, 6) is -1.31. The van der Waals surface area contributed by atoms with E-state index in [0.29, 0.717) is 0 Å². The summed E-state index contributed by atoms with van der Waals surface area (Å²) in [5.41, 5.74) is 5.36. The molecule has 0 aromatic heterocycles. The first-order chi connectivity index (χ1) is 12.6. The second-order valence-corrected chi connectivity index (χ2v) is 5.71. The fourth-order valence-corrected chi connectivity index (χ4v) is 2.11. The van der Waals surface area contributed by atoms with E-state index in [9.17, 15) is 22.8 Å². The molecule has 27 heavy (non-hydrogen) atoms. The van der Waals surface area contributed by atoms with E-state index >= 15 is 0 Å². The number of halogens is 4. The van der Waals surface area contributed by atoms with Crippen molar-refractivity contribution in [2.24, 2.45) is 5.73 Å². The van der Waals surface area contributed by atoms with Crippen molar-refractivity contribution in [2.75, 3.05) is 18.5 Å². The van der Waals surface area contributed by atoms with E-state index in [1.807, 2.05) is 0 Å². The third-order valence-corrected chi connectivity index (χ3v) is 3.33. The van der Waals surface area contributed by atoms with Crippen LogP contribution in [-0.2, 0) is 4.79 Å². The van der Waals surface area contributed by atoms with Crippen molar-refractivity contribution in [2.45, 2.75) is 6.18 Å². The number of ether oxygens (including phenoxy) is 2. The van der Waals surface area contributed by atoms with Gasteiger partial charge in [0.15, 0.2) is 13.2 Å². The molecular weight excluding hydrogens is 389 g/mol. The van der Waals surface area contributed by atoms with Crippen LogP contribution < -0.4 is 20.5 Å². The first-order valence-corrected chi connectivity index (χ1v) is 7.83. The van der Waals surface area contributed by atoms with Gasteiger partial charge in [-0.1, -0.05) is 17.7 Å². The lowest BCUT2D eigenvalue weighted by atomic mass is 10.2. The minimum Gasteiger partial charge on any atom is -0.484 e. The molecular formula is C17H14ClF3N2O4. The molecule has 3 N–H and O–H groups in total. The summed E-state index contributed by atoms with van der Waals surface area (Å²) in [7, 11) is 0. The van der Waals surface area contributed by atoms with Gasteiger partial charge in [0, 0.05) is 16.7 Å². The van der Waals surface area contributed by atoms with Crippen LogP contribution in [-0.4, -0.2) is 31.2 Å². The van der Waals surface area contributed by atoms with Gasteiger partial charge in [-0.25, -0.2) is 0 Å². The van der Waals surface area contributed by atoms with Gasteiger partial charge in [0.1, 0.15) is 11.5 Å². The highest BCUT2D eigenvalue weighted by molar-refractivity contribution is 6.30. The molecule has 10 heteroatoms. The molecule has 2 aromatic carbocycles. The first kappa shape index (κ1) is 20.4. The summed E-state index contributed by atoms with van der Waals surface area (Å²) in [4.78, 5) is 23.1. The maximum atomic E-state index is 12.3. The molecule has 0 aliphatic heterocycles. The van der Waals surface area contributed by atoms with Gasteiger partial charge >= 0.3 is 6.18 Å². The van der Waals surface area contributed by atoms with Crippen molar-refractivity contribution in [3.63, 3.8) is 0 Å². The van der Waals surface area contributed by atoms with Gasteiger partial charge in [0.05, 0.1) is 5.69 Å². The van der Waals surface area contributed by atoms with Crippen molar-refractivity contribution >= 4 is 29.1 Å². The van der Waals surface area contributed by atoms with Gasteiger partial charge in [-0.2, -0.15) is 13.2 Å². The molecule has 144 valence electrons. The summed E-state index contributed by atoms with van der Waals surface area (Å²) < 4.78 is 46.9. The molecule has 2 rings (SSSR count). The molecule has 0 spiro atoms. The fourth-order valence-electron chi connectivity index (χ4n) is 1.95. The minimum absolute atomic E-state index is 0.00290. The summed E-state index contributed by atoms with van der Waals surface area (Å²) >= 11 is 5.75.